The van der Waals surface area contributed by atoms with Gasteiger partial charge >= 0.3 is 18.0 Å². The number of hydrogen-bond donors (Lipinski definition) is 2. The number of carbonyl (C=O) groups is 3. The SMILES string of the molecule is CCC1=C(C(=O)OCC2CCCCC2)[C@H](c2ccc(OC(=O)C(C)(C)C)c(Cl)c2)NC(=O)N1. The lowest BCUT2D eigenvalue weighted by Crippen LogP contribution is -2.46. The first kappa shape index (κ1) is 25.1. The minimum atomic E-state index is -0.725. The molecule has 2 amide bonds. The first-order chi connectivity index (χ1) is 15.6. The molecule has 1 heterocycles. The fraction of sp³-hybridized carbons (Fsp3) is 0.560. The van der Waals surface area contributed by atoms with Gasteiger partial charge in [0.05, 0.1) is 28.7 Å². The third kappa shape index (κ3) is 6.28. The topological polar surface area (TPSA) is 93.7 Å². The molecule has 0 aromatic heterocycles. The molecule has 1 aromatic carbocycles. The van der Waals surface area contributed by atoms with Gasteiger partial charge in [0.2, 0.25) is 0 Å². The number of amides is 2. The maximum absolute atomic E-state index is 13.1. The standard InChI is InChI=1S/C25H33ClN2O5/c1-5-18-20(22(29)32-14-15-9-7-6-8-10-15)21(28-24(31)27-18)16-11-12-19(17(26)13-16)33-23(30)25(2,3)4/h11-13,15,21H,5-10,14H2,1-4H3,(H2,27,28,31)/t21-/m0/s1. The average molecular weight is 477 g/mol. The predicted octanol–water partition coefficient (Wildman–Crippen LogP) is 5.43. The summed E-state index contributed by atoms with van der Waals surface area (Å²) in [6, 6.07) is 3.74. The highest BCUT2D eigenvalue weighted by Gasteiger charge is 2.34. The molecule has 1 saturated carbocycles. The Kier molecular flexibility index (Phi) is 8.05. The molecule has 1 atom stereocenters. The third-order valence-corrected chi connectivity index (χ3v) is 6.30. The quantitative estimate of drug-likeness (QED) is 0.421. The van der Waals surface area contributed by atoms with Crippen molar-refractivity contribution in [2.45, 2.75) is 72.3 Å². The second-order valence-corrected chi connectivity index (χ2v) is 10.1. The number of nitrogens with one attached hydrogen (secondary N) is 2. The Bertz CT molecular complexity index is 945. The summed E-state index contributed by atoms with van der Waals surface area (Å²) in [4.78, 5) is 37.6. The van der Waals surface area contributed by atoms with Crippen LogP contribution in [0.2, 0.25) is 5.02 Å². The maximum atomic E-state index is 13.1. The number of allylic oxidation sites excluding steroid dienone is 1. The van der Waals surface area contributed by atoms with E-state index in [0.29, 0.717) is 35.8 Å². The lowest BCUT2D eigenvalue weighted by molar-refractivity contribution is -0.143. The van der Waals surface area contributed by atoms with Crippen LogP contribution < -0.4 is 15.4 Å². The largest absolute Gasteiger partial charge is 0.462 e. The first-order valence-electron chi connectivity index (χ1n) is 11.6. The van der Waals surface area contributed by atoms with Crippen molar-refractivity contribution in [3.8, 4) is 5.75 Å². The third-order valence-electron chi connectivity index (χ3n) is 6.01. The Balaban J connectivity index is 1.84. The number of halogens is 1. The van der Waals surface area contributed by atoms with Crippen LogP contribution in [0.25, 0.3) is 0 Å². The van der Waals surface area contributed by atoms with Gasteiger partial charge in [-0.05, 0) is 63.6 Å². The Hall–Kier alpha value is -2.54. The number of benzene rings is 1. The maximum Gasteiger partial charge on any atom is 0.338 e. The highest BCUT2D eigenvalue weighted by atomic mass is 35.5. The molecule has 1 fully saturated rings. The van der Waals surface area contributed by atoms with Crippen LogP contribution in [0.1, 0.15) is 77.8 Å². The highest BCUT2D eigenvalue weighted by molar-refractivity contribution is 6.32. The van der Waals surface area contributed by atoms with E-state index in [1.165, 1.54) is 6.42 Å². The summed E-state index contributed by atoms with van der Waals surface area (Å²) in [5.74, 6) is -0.257. The zero-order valence-corrected chi connectivity index (χ0v) is 20.5. The molecular formula is C25H33ClN2O5. The van der Waals surface area contributed by atoms with Crippen LogP contribution in [0.3, 0.4) is 0 Å². The fourth-order valence-corrected chi connectivity index (χ4v) is 4.27. The van der Waals surface area contributed by atoms with Crippen LogP contribution >= 0.6 is 11.6 Å². The molecule has 0 bridgehead atoms. The first-order valence-corrected chi connectivity index (χ1v) is 12.0. The van der Waals surface area contributed by atoms with Crippen LogP contribution in [0.4, 0.5) is 4.79 Å². The molecule has 2 N–H and O–H groups in total. The summed E-state index contributed by atoms with van der Waals surface area (Å²) >= 11 is 6.40. The van der Waals surface area contributed by atoms with Crippen molar-refractivity contribution in [2.75, 3.05) is 6.61 Å². The molecule has 0 saturated heterocycles. The lowest BCUT2D eigenvalue weighted by atomic mass is 9.90. The van der Waals surface area contributed by atoms with E-state index >= 15 is 0 Å². The van der Waals surface area contributed by atoms with Crippen molar-refractivity contribution >= 4 is 29.6 Å². The van der Waals surface area contributed by atoms with Crippen LogP contribution in [0, 0.1) is 11.3 Å². The summed E-state index contributed by atoms with van der Waals surface area (Å²) < 4.78 is 11.1. The average Bonchev–Trinajstić information content (AvgIpc) is 2.78. The molecule has 1 aromatic rings. The molecule has 7 nitrogen and oxygen atoms in total. The number of esters is 2. The van der Waals surface area contributed by atoms with Crippen molar-refractivity contribution < 1.29 is 23.9 Å². The van der Waals surface area contributed by atoms with Gasteiger partial charge in [-0.2, -0.15) is 0 Å². The molecule has 33 heavy (non-hydrogen) atoms. The monoisotopic (exact) mass is 476 g/mol. The Morgan fingerprint density at radius 1 is 1.15 bits per heavy atom. The number of hydrogen-bond acceptors (Lipinski definition) is 5. The van der Waals surface area contributed by atoms with Crippen molar-refractivity contribution in [2.24, 2.45) is 11.3 Å². The normalized spacial score (nSPS) is 19.5. The van der Waals surface area contributed by atoms with Gasteiger partial charge in [0.15, 0.2) is 0 Å². The summed E-state index contributed by atoms with van der Waals surface area (Å²) in [6.07, 6.45) is 6.15. The van der Waals surface area contributed by atoms with E-state index in [2.05, 4.69) is 10.6 Å². The van der Waals surface area contributed by atoms with E-state index in [0.717, 1.165) is 25.7 Å². The zero-order chi connectivity index (χ0) is 24.2. The number of urea groups is 1. The van der Waals surface area contributed by atoms with Crippen molar-refractivity contribution in [1.29, 1.82) is 0 Å². The van der Waals surface area contributed by atoms with E-state index in [9.17, 15) is 14.4 Å². The van der Waals surface area contributed by atoms with Crippen LogP contribution in [-0.2, 0) is 14.3 Å². The number of carbonyl (C=O) groups excluding carboxylic acids is 3. The molecule has 3 rings (SSSR count). The molecule has 0 unspecified atom stereocenters. The Morgan fingerprint density at radius 2 is 1.85 bits per heavy atom. The number of rotatable bonds is 6. The second-order valence-electron chi connectivity index (χ2n) is 9.71. The lowest BCUT2D eigenvalue weighted by Gasteiger charge is -2.30. The second kappa shape index (κ2) is 10.6. The van der Waals surface area contributed by atoms with Crippen LogP contribution in [0.5, 0.6) is 5.75 Å². The van der Waals surface area contributed by atoms with Gasteiger partial charge in [-0.1, -0.05) is 43.9 Å². The smallest absolute Gasteiger partial charge is 0.338 e. The van der Waals surface area contributed by atoms with E-state index < -0.39 is 29.4 Å². The van der Waals surface area contributed by atoms with Crippen molar-refractivity contribution in [3.63, 3.8) is 0 Å². The van der Waals surface area contributed by atoms with Gasteiger partial charge in [0.25, 0.3) is 0 Å². The van der Waals surface area contributed by atoms with Gasteiger partial charge in [0.1, 0.15) is 5.75 Å². The molecule has 0 radical (unpaired) electrons. The van der Waals surface area contributed by atoms with Crippen LogP contribution in [-0.4, -0.2) is 24.6 Å². The van der Waals surface area contributed by atoms with Gasteiger partial charge in [-0.25, -0.2) is 9.59 Å². The van der Waals surface area contributed by atoms with Gasteiger partial charge < -0.3 is 20.1 Å². The summed E-state index contributed by atoms with van der Waals surface area (Å²) in [5.41, 5.74) is 0.806. The van der Waals surface area contributed by atoms with Crippen molar-refractivity contribution in [3.05, 3.63) is 40.1 Å². The van der Waals surface area contributed by atoms with Crippen molar-refractivity contribution in [1.82, 2.24) is 10.6 Å². The molecule has 180 valence electrons. The molecule has 0 spiro atoms. The van der Waals surface area contributed by atoms with E-state index in [1.807, 2.05) is 6.92 Å². The minimum absolute atomic E-state index is 0.214. The Morgan fingerprint density at radius 3 is 2.45 bits per heavy atom. The zero-order valence-electron chi connectivity index (χ0n) is 19.8. The minimum Gasteiger partial charge on any atom is -0.462 e. The molecule has 8 heteroatoms. The number of ether oxygens (including phenoxy) is 2. The summed E-state index contributed by atoms with van der Waals surface area (Å²) in [6.45, 7) is 7.51. The van der Waals surface area contributed by atoms with E-state index in [4.69, 9.17) is 21.1 Å². The van der Waals surface area contributed by atoms with E-state index in [1.54, 1.807) is 39.0 Å². The molecule has 2 aliphatic rings. The van der Waals surface area contributed by atoms with Gasteiger partial charge in [-0.15, -0.1) is 0 Å². The highest BCUT2D eigenvalue weighted by Crippen LogP contribution is 2.35. The molecule has 1 aliphatic heterocycles. The summed E-state index contributed by atoms with van der Waals surface area (Å²) in [7, 11) is 0. The molecular weight excluding hydrogens is 444 g/mol. The Labute approximate surface area is 200 Å². The van der Waals surface area contributed by atoms with Gasteiger partial charge in [0, 0.05) is 5.70 Å². The summed E-state index contributed by atoms with van der Waals surface area (Å²) in [5, 5.41) is 5.75. The molecule has 1 aliphatic carbocycles. The fourth-order valence-electron chi connectivity index (χ4n) is 4.05. The van der Waals surface area contributed by atoms with Crippen LogP contribution in [0.15, 0.2) is 29.5 Å². The van der Waals surface area contributed by atoms with E-state index in [-0.39, 0.29) is 10.8 Å². The predicted molar refractivity (Wildman–Crippen MR) is 126 cm³/mol. The van der Waals surface area contributed by atoms with Gasteiger partial charge in [-0.3, -0.25) is 4.79 Å².